The van der Waals surface area contributed by atoms with Crippen molar-refractivity contribution in [1.29, 1.82) is 0 Å². The maximum Gasteiger partial charge on any atom is 0.121 e. The fourth-order valence-corrected chi connectivity index (χ4v) is 8.20. The van der Waals surface area contributed by atoms with Crippen molar-refractivity contribution < 1.29 is 24.5 Å². The third kappa shape index (κ3) is 8.67. The van der Waals surface area contributed by atoms with E-state index in [9.17, 15) is 0 Å². The Morgan fingerprint density at radius 1 is 0.596 bits per heavy atom. The zero-order valence-electron chi connectivity index (χ0n) is 32.9. The van der Waals surface area contributed by atoms with E-state index < -0.39 is 8.07 Å². The summed E-state index contributed by atoms with van der Waals surface area (Å²) in [6, 6.07) is 61.6. The van der Waals surface area contributed by atoms with Gasteiger partial charge in [-0.05, 0) is 57.0 Å². The molecular weight excluding hydrogens is 889 g/mol. The van der Waals surface area contributed by atoms with E-state index >= 15 is 0 Å². The number of hydrogen-bond donors (Lipinski definition) is 0. The molecule has 3 nitrogen and oxygen atoms in total. The molecule has 5 heteroatoms. The van der Waals surface area contributed by atoms with Crippen molar-refractivity contribution in [3.05, 3.63) is 199 Å². The molecule has 1 unspecified atom stereocenters. The first kappa shape index (κ1) is 39.5. The van der Waals surface area contributed by atoms with Gasteiger partial charge >= 0.3 is 0 Å². The largest absolute Gasteiger partial charge is 0.501 e. The molecule has 1 radical (unpaired) electrons. The number of aromatic nitrogens is 2. The number of hydrogen-bond acceptors (Lipinski definition) is 3. The van der Waals surface area contributed by atoms with Gasteiger partial charge in [0, 0.05) is 43.8 Å². The van der Waals surface area contributed by atoms with Crippen molar-refractivity contribution in [3.8, 4) is 44.8 Å². The van der Waals surface area contributed by atoms with Crippen LogP contribution in [0.3, 0.4) is 0 Å². The van der Waals surface area contributed by atoms with Gasteiger partial charge in [-0.1, -0.05) is 171 Å². The third-order valence-corrected chi connectivity index (χ3v) is 12.5. The van der Waals surface area contributed by atoms with Gasteiger partial charge in [0.25, 0.3) is 0 Å². The molecule has 0 fully saturated rings. The van der Waals surface area contributed by atoms with E-state index in [4.69, 9.17) is 9.40 Å². The van der Waals surface area contributed by atoms with E-state index in [0.29, 0.717) is 0 Å². The molecule has 0 aliphatic heterocycles. The van der Waals surface area contributed by atoms with Crippen molar-refractivity contribution in [2.45, 2.75) is 39.4 Å². The number of pyridine rings is 2. The zero-order valence-corrected chi connectivity index (χ0v) is 36.3. The molecule has 0 aliphatic rings. The van der Waals surface area contributed by atoms with Gasteiger partial charge in [-0.3, -0.25) is 0 Å². The molecule has 0 saturated heterocycles. The molecule has 57 heavy (non-hydrogen) atoms. The van der Waals surface area contributed by atoms with Crippen LogP contribution in [0.2, 0.25) is 19.6 Å². The van der Waals surface area contributed by atoms with Crippen LogP contribution in [0.4, 0.5) is 0 Å². The van der Waals surface area contributed by atoms with Gasteiger partial charge in [-0.15, -0.1) is 47.5 Å². The van der Waals surface area contributed by atoms with E-state index in [0.717, 1.165) is 50.0 Å². The minimum absolute atomic E-state index is 0. The molecule has 9 aromatic rings. The predicted molar refractivity (Wildman–Crippen MR) is 237 cm³/mol. The molecule has 0 N–H and O–H groups in total. The number of furan rings is 1. The van der Waals surface area contributed by atoms with Crippen LogP contribution in [0.25, 0.3) is 66.7 Å². The van der Waals surface area contributed by atoms with Crippen molar-refractivity contribution in [1.82, 2.24) is 9.97 Å². The first-order chi connectivity index (χ1) is 27.2. The Hall–Kier alpha value is -5.71. The molecule has 0 amide bonds. The Morgan fingerprint density at radius 3 is 1.89 bits per heavy atom. The van der Waals surface area contributed by atoms with Gasteiger partial charge in [0.1, 0.15) is 5.58 Å². The number of nitrogens with zero attached hydrogens (tertiary/aromatic N) is 2. The van der Waals surface area contributed by atoms with Gasteiger partial charge in [-0.2, -0.15) is 0 Å². The summed E-state index contributed by atoms with van der Waals surface area (Å²) in [4.78, 5) is 9.33. The monoisotopic (exact) mass is 933 g/mol. The summed E-state index contributed by atoms with van der Waals surface area (Å²) < 4.78 is 6.42. The molecule has 1 atom stereocenters. The Kier molecular flexibility index (Phi) is 11.9. The van der Waals surface area contributed by atoms with E-state index in [1.54, 1.807) is 0 Å². The summed E-state index contributed by atoms with van der Waals surface area (Å²) in [7, 11) is -1.28. The van der Waals surface area contributed by atoms with Crippen LogP contribution in [0.15, 0.2) is 175 Å². The molecule has 9 rings (SSSR count). The second-order valence-corrected chi connectivity index (χ2v) is 20.5. The first-order valence-corrected chi connectivity index (χ1v) is 22.7. The van der Waals surface area contributed by atoms with E-state index in [1.165, 1.54) is 38.6 Å². The summed E-state index contributed by atoms with van der Waals surface area (Å²) in [5.74, 6) is 0.271. The summed E-state index contributed by atoms with van der Waals surface area (Å²) in [6.07, 6.45) is 3.92. The number of aryl methyl sites for hydroxylation is 1. The minimum atomic E-state index is -1.28. The van der Waals surface area contributed by atoms with Crippen molar-refractivity contribution in [2.75, 3.05) is 0 Å². The summed E-state index contributed by atoms with van der Waals surface area (Å²) >= 11 is 0. The number of rotatable bonds is 7. The van der Waals surface area contributed by atoms with Crippen molar-refractivity contribution >= 4 is 35.2 Å². The van der Waals surface area contributed by atoms with Crippen LogP contribution in [0.5, 0.6) is 0 Å². The molecule has 0 saturated carbocycles. The molecule has 0 spiro atoms. The summed E-state index contributed by atoms with van der Waals surface area (Å²) in [6.45, 7) is 11.4. The van der Waals surface area contributed by atoms with E-state index in [1.807, 2.05) is 30.6 Å². The fourth-order valence-electron chi connectivity index (χ4n) is 7.16. The van der Waals surface area contributed by atoms with Gasteiger partial charge in [0.05, 0.1) is 13.7 Å². The van der Waals surface area contributed by atoms with Crippen LogP contribution < -0.4 is 5.19 Å². The van der Waals surface area contributed by atoms with E-state index in [-0.39, 0.29) is 26.0 Å². The number of fused-ring (bicyclic) bond motifs is 3. The van der Waals surface area contributed by atoms with Gasteiger partial charge < -0.3 is 14.4 Å². The van der Waals surface area contributed by atoms with Crippen LogP contribution in [-0.2, 0) is 20.1 Å². The van der Waals surface area contributed by atoms with Gasteiger partial charge in [0.15, 0.2) is 0 Å². The average Bonchev–Trinajstić information content (AvgIpc) is 3.64. The third-order valence-electron chi connectivity index (χ3n) is 10.5. The number of benzene rings is 6. The maximum absolute atomic E-state index is 6.42. The quantitative estimate of drug-likeness (QED) is 0.118. The molecule has 0 bridgehead atoms. The topological polar surface area (TPSA) is 38.9 Å². The Balaban J connectivity index is 0.000000188. The fraction of sp³-hybridized carbons (Fsp3) is 0.115. The predicted octanol–water partition coefficient (Wildman–Crippen LogP) is 13.3. The molecule has 6 aromatic carbocycles. The molecule has 283 valence electrons. The summed E-state index contributed by atoms with van der Waals surface area (Å²) in [5, 5.41) is 3.64. The van der Waals surface area contributed by atoms with Gasteiger partial charge in [-0.25, -0.2) is 0 Å². The zero-order chi connectivity index (χ0) is 38.6. The molecular formula is C52H44IrN2OSi-2. The Labute approximate surface area is 350 Å². The van der Waals surface area contributed by atoms with Crippen molar-refractivity contribution in [2.24, 2.45) is 0 Å². The van der Waals surface area contributed by atoms with Gasteiger partial charge in [0.2, 0.25) is 0 Å². The average molecular weight is 933 g/mol. The smallest absolute Gasteiger partial charge is 0.121 e. The first-order valence-electron chi connectivity index (χ1n) is 19.2. The minimum Gasteiger partial charge on any atom is -0.501 e. The second-order valence-electron chi connectivity index (χ2n) is 15.4. The molecule has 3 heterocycles. The SMILES string of the molecule is C[Si](C)(C)c1ccc(-c2[c-]cc(-c3ccccc3)cc2)nc1.Cc1c[c-]c(-c2cc(C(C)c3ccccc3)ccn2)c2oc3ccc(-c4ccccc4)cc3c12.[Ir]. The normalized spacial score (nSPS) is 11.7. The standard InChI is InChI=1S/C32H24NO.C20H20NSi.Ir/c1-21-13-15-27(29-20-25(17-18-33-29)22(2)23-9-5-3-6-10-23)32-31(21)28-19-26(14-16-30(28)34-32)24-11-7-4-8-12-24;1-22(2,3)19-13-14-20(21-15-19)18-11-9-17(10-12-18)16-7-5-4-6-8-16;/h3-14,16-20,22H,1-2H3;4-11,13-15H,1-3H3;/q2*-1;. The summed E-state index contributed by atoms with van der Waals surface area (Å²) in [5.41, 5.74) is 14.0. The van der Waals surface area contributed by atoms with Crippen LogP contribution in [0, 0.1) is 19.1 Å². The Morgan fingerprint density at radius 2 is 1.26 bits per heavy atom. The van der Waals surface area contributed by atoms with Crippen LogP contribution in [-0.4, -0.2) is 18.0 Å². The molecule has 0 aliphatic carbocycles. The second kappa shape index (κ2) is 17.2. The van der Waals surface area contributed by atoms with Crippen LogP contribution >= 0.6 is 0 Å². The Bertz CT molecular complexity index is 2720. The van der Waals surface area contributed by atoms with Crippen molar-refractivity contribution in [3.63, 3.8) is 0 Å². The van der Waals surface area contributed by atoms with E-state index in [2.05, 4.69) is 190 Å². The maximum atomic E-state index is 6.42. The van der Waals surface area contributed by atoms with Crippen LogP contribution in [0.1, 0.15) is 29.5 Å². The molecule has 3 aromatic heterocycles.